The molecule has 40 heavy (non-hydrogen) atoms. The quantitative estimate of drug-likeness (QED) is 0.234. The first-order chi connectivity index (χ1) is 19.3. The van der Waals surface area contributed by atoms with E-state index in [1.54, 1.807) is 24.3 Å². The number of rotatable bonds is 10. The number of ether oxygens (including phenoxy) is 2. The van der Waals surface area contributed by atoms with Gasteiger partial charge in [-0.25, -0.2) is 13.6 Å². The number of carboxylic acids is 1. The Labute approximate surface area is 241 Å². The predicted octanol–water partition coefficient (Wildman–Crippen LogP) is 6.26. The van der Waals surface area contributed by atoms with E-state index in [4.69, 9.17) is 9.47 Å². The van der Waals surface area contributed by atoms with Crippen molar-refractivity contribution in [2.75, 3.05) is 26.3 Å². The molecule has 3 aromatic rings. The summed E-state index contributed by atoms with van der Waals surface area (Å²) in [5, 5.41) is 15.9. The molecule has 212 valence electrons. The van der Waals surface area contributed by atoms with Crippen molar-refractivity contribution in [2.45, 2.75) is 38.8 Å². The van der Waals surface area contributed by atoms with Crippen molar-refractivity contribution in [1.29, 1.82) is 0 Å². The van der Waals surface area contributed by atoms with Crippen LogP contribution < -0.4 is 20.1 Å². The molecule has 0 amide bonds. The Morgan fingerprint density at radius 1 is 1.05 bits per heavy atom. The number of hydrogen-bond donors (Lipinski definition) is 3. The number of nitrogens with one attached hydrogen (secondary N) is 2. The molecule has 0 radical (unpaired) electrons. The lowest BCUT2D eigenvalue weighted by Gasteiger charge is -2.19. The average Bonchev–Trinajstić information content (AvgIpc) is 3.80. The Hall–Kier alpha value is -3.27. The molecule has 0 atom stereocenters. The highest BCUT2D eigenvalue weighted by Crippen LogP contribution is 2.27. The van der Waals surface area contributed by atoms with E-state index in [1.807, 2.05) is 6.07 Å². The van der Waals surface area contributed by atoms with E-state index < -0.39 is 23.4 Å². The van der Waals surface area contributed by atoms with Crippen molar-refractivity contribution in [3.8, 4) is 11.5 Å². The summed E-state index contributed by atoms with van der Waals surface area (Å²) in [5.74, 6) is -2.23. The molecule has 0 saturated heterocycles. The Kier molecular flexibility index (Phi) is 10.7. The van der Waals surface area contributed by atoms with Crippen LogP contribution in [0.15, 0.2) is 70.7 Å². The van der Waals surface area contributed by atoms with Gasteiger partial charge in [-0.05, 0) is 79.3 Å². The van der Waals surface area contributed by atoms with Gasteiger partial charge in [0, 0.05) is 23.6 Å². The normalized spacial score (nSPS) is 14.8. The smallest absolute Gasteiger partial charge is 0.333 e. The number of aliphatic carboxylic acids is 1. The lowest BCUT2D eigenvalue weighted by molar-refractivity contribution is -0.132. The van der Waals surface area contributed by atoms with Crippen LogP contribution in [0.1, 0.15) is 36.0 Å². The van der Waals surface area contributed by atoms with Gasteiger partial charge in [-0.3, -0.25) is 0 Å². The zero-order valence-corrected chi connectivity index (χ0v) is 23.9. The van der Waals surface area contributed by atoms with Crippen molar-refractivity contribution in [2.24, 2.45) is 0 Å². The standard InChI is InChI=1S/C21H21F2NO4.C10H12BrN/c1-13-2-7-18(22)20(19(13)23)28-11-10-27-15-5-3-14(4-6-15)16-8-9-24-12-17(16)21(25)26;11-10-4-2-1-3-8(10)7-12-9-5-6-9/h2-7,24H,8-12H2,1H3,(H,25,26);1-4,9,12H,5-7H2. The fourth-order valence-electron chi connectivity index (χ4n) is 4.21. The highest BCUT2D eigenvalue weighted by atomic mass is 79.9. The van der Waals surface area contributed by atoms with Crippen molar-refractivity contribution >= 4 is 27.5 Å². The molecule has 0 bridgehead atoms. The minimum absolute atomic E-state index is 0.0149. The third-order valence-corrected chi connectivity index (χ3v) is 7.41. The van der Waals surface area contributed by atoms with Gasteiger partial charge in [0.1, 0.15) is 19.0 Å². The van der Waals surface area contributed by atoms with Gasteiger partial charge in [-0.2, -0.15) is 0 Å². The van der Waals surface area contributed by atoms with E-state index in [0.717, 1.165) is 36.3 Å². The van der Waals surface area contributed by atoms with Crippen LogP contribution in [-0.4, -0.2) is 43.4 Å². The molecule has 1 heterocycles. The third kappa shape index (κ3) is 8.36. The monoisotopic (exact) mass is 614 g/mol. The minimum atomic E-state index is -0.921. The summed E-state index contributed by atoms with van der Waals surface area (Å²) in [5.41, 5.74) is 3.68. The number of halogens is 3. The van der Waals surface area contributed by atoms with Crippen molar-refractivity contribution < 1.29 is 28.2 Å². The first-order valence-electron chi connectivity index (χ1n) is 13.3. The fraction of sp³-hybridized carbons (Fsp3) is 0.323. The van der Waals surface area contributed by atoms with Gasteiger partial charge < -0.3 is 25.2 Å². The van der Waals surface area contributed by atoms with E-state index in [0.29, 0.717) is 29.9 Å². The lowest BCUT2D eigenvalue weighted by atomic mass is 9.94. The second kappa shape index (κ2) is 14.4. The Bertz CT molecular complexity index is 1340. The third-order valence-electron chi connectivity index (χ3n) is 6.64. The molecular formula is C31H33BrF2N2O4. The molecular weight excluding hydrogens is 582 g/mol. The highest BCUT2D eigenvalue weighted by Gasteiger charge is 2.20. The number of carboxylic acid groups (broad SMARTS) is 1. The number of carbonyl (C=O) groups is 1. The second-order valence-electron chi connectivity index (χ2n) is 9.66. The van der Waals surface area contributed by atoms with Gasteiger partial charge in [0.25, 0.3) is 0 Å². The molecule has 3 aromatic carbocycles. The topological polar surface area (TPSA) is 79.8 Å². The number of hydrogen-bond acceptors (Lipinski definition) is 5. The molecule has 2 aliphatic rings. The van der Waals surface area contributed by atoms with Crippen molar-refractivity contribution in [3.63, 3.8) is 0 Å². The molecule has 9 heteroatoms. The molecule has 1 fully saturated rings. The van der Waals surface area contributed by atoms with Crippen LogP contribution in [0.3, 0.4) is 0 Å². The summed E-state index contributed by atoms with van der Waals surface area (Å²) in [6.07, 6.45) is 3.35. The minimum Gasteiger partial charge on any atom is -0.490 e. The first kappa shape index (κ1) is 29.7. The summed E-state index contributed by atoms with van der Waals surface area (Å²) in [6, 6.07) is 18.7. The van der Waals surface area contributed by atoms with E-state index in [1.165, 1.54) is 35.9 Å². The van der Waals surface area contributed by atoms with E-state index in [9.17, 15) is 18.7 Å². The molecule has 1 aliphatic carbocycles. The second-order valence-corrected chi connectivity index (χ2v) is 10.5. The van der Waals surface area contributed by atoms with Gasteiger partial charge in [0.05, 0.1) is 5.57 Å². The van der Waals surface area contributed by atoms with Crippen LogP contribution in [0.25, 0.3) is 5.57 Å². The zero-order valence-electron chi connectivity index (χ0n) is 22.3. The van der Waals surface area contributed by atoms with Crippen LogP contribution in [0.4, 0.5) is 8.78 Å². The van der Waals surface area contributed by atoms with E-state index in [2.05, 4.69) is 44.8 Å². The molecule has 3 N–H and O–H groups in total. The van der Waals surface area contributed by atoms with Gasteiger partial charge in [0.2, 0.25) is 0 Å². The maximum absolute atomic E-state index is 13.9. The Morgan fingerprint density at radius 3 is 2.48 bits per heavy atom. The van der Waals surface area contributed by atoms with Crippen molar-refractivity contribution in [3.05, 3.63) is 99.0 Å². The summed E-state index contributed by atoms with van der Waals surface area (Å²) in [6.45, 7) is 3.69. The maximum Gasteiger partial charge on any atom is 0.333 e. The largest absolute Gasteiger partial charge is 0.490 e. The van der Waals surface area contributed by atoms with Crippen LogP contribution in [0, 0.1) is 18.6 Å². The summed E-state index contributed by atoms with van der Waals surface area (Å²) >= 11 is 3.53. The summed E-state index contributed by atoms with van der Waals surface area (Å²) in [7, 11) is 0. The number of aryl methyl sites for hydroxylation is 1. The molecule has 5 rings (SSSR count). The van der Waals surface area contributed by atoms with Gasteiger partial charge in [-0.1, -0.05) is 52.3 Å². The maximum atomic E-state index is 13.9. The SMILES string of the molecule is Brc1ccccc1CNC1CC1.Cc1ccc(F)c(OCCOc2ccc(C3=C(C(=O)O)CNCC3)cc2)c1F. The van der Waals surface area contributed by atoms with E-state index in [-0.39, 0.29) is 13.2 Å². The van der Waals surface area contributed by atoms with Gasteiger partial charge >= 0.3 is 5.97 Å². The average molecular weight is 616 g/mol. The van der Waals surface area contributed by atoms with Gasteiger partial charge in [0.15, 0.2) is 17.4 Å². The Balaban J connectivity index is 0.000000255. The van der Waals surface area contributed by atoms with E-state index >= 15 is 0 Å². The first-order valence-corrected chi connectivity index (χ1v) is 14.1. The molecule has 1 saturated carbocycles. The highest BCUT2D eigenvalue weighted by molar-refractivity contribution is 9.10. The summed E-state index contributed by atoms with van der Waals surface area (Å²) in [4.78, 5) is 11.4. The molecule has 6 nitrogen and oxygen atoms in total. The number of benzene rings is 3. The van der Waals surface area contributed by atoms with Crippen molar-refractivity contribution in [1.82, 2.24) is 10.6 Å². The molecule has 0 unspecified atom stereocenters. The molecule has 1 aliphatic heterocycles. The van der Waals surface area contributed by atoms with Crippen LogP contribution >= 0.6 is 15.9 Å². The van der Waals surface area contributed by atoms with Crippen LogP contribution in [0.5, 0.6) is 11.5 Å². The lowest BCUT2D eigenvalue weighted by Crippen LogP contribution is -2.28. The Morgan fingerprint density at radius 2 is 1.77 bits per heavy atom. The van der Waals surface area contributed by atoms with Gasteiger partial charge in [-0.15, -0.1) is 0 Å². The molecule has 0 aromatic heterocycles. The molecule has 0 spiro atoms. The zero-order chi connectivity index (χ0) is 28.5. The van der Waals surface area contributed by atoms with Crippen LogP contribution in [-0.2, 0) is 11.3 Å². The fourth-order valence-corrected chi connectivity index (χ4v) is 4.63. The summed E-state index contributed by atoms with van der Waals surface area (Å²) < 4.78 is 39.4. The van der Waals surface area contributed by atoms with Crippen LogP contribution in [0.2, 0.25) is 0 Å². The predicted molar refractivity (Wildman–Crippen MR) is 155 cm³/mol.